The topological polar surface area (TPSA) is 95.9 Å². The van der Waals surface area contributed by atoms with Gasteiger partial charge in [-0.1, -0.05) is 48.5 Å². The average Bonchev–Trinajstić information content (AvgIpc) is 3.37. The van der Waals surface area contributed by atoms with Crippen LogP contribution in [0, 0.1) is 5.92 Å². The van der Waals surface area contributed by atoms with Crippen molar-refractivity contribution in [1.29, 1.82) is 0 Å². The van der Waals surface area contributed by atoms with Crippen LogP contribution in [0.25, 0.3) is 11.1 Å². The van der Waals surface area contributed by atoms with Gasteiger partial charge in [0.1, 0.15) is 13.2 Å². The van der Waals surface area contributed by atoms with Crippen molar-refractivity contribution in [3.8, 4) is 11.1 Å². The van der Waals surface area contributed by atoms with Crippen molar-refractivity contribution in [1.82, 2.24) is 10.2 Å². The molecule has 2 atom stereocenters. The average molecular weight is 451 g/mol. The van der Waals surface area contributed by atoms with Crippen LogP contribution in [0.5, 0.6) is 0 Å². The summed E-state index contributed by atoms with van der Waals surface area (Å²) in [6, 6.07) is 16.4. The number of alkyl carbamates (subject to hydrolysis) is 1. The number of aliphatic carboxylic acids is 1. The minimum Gasteiger partial charge on any atom is -0.480 e. The molecule has 1 saturated carbocycles. The molecule has 2 amide bonds. The highest BCUT2D eigenvalue weighted by Crippen LogP contribution is 2.44. The number of benzene rings is 2. The summed E-state index contributed by atoms with van der Waals surface area (Å²) in [6.07, 6.45) is 2.18. The monoisotopic (exact) mass is 450 g/mol. The molecular formula is C26H30N2O5. The lowest BCUT2D eigenvalue weighted by molar-refractivity contribution is -0.144. The van der Waals surface area contributed by atoms with E-state index in [9.17, 15) is 14.4 Å². The number of nitrogens with one attached hydrogen (secondary N) is 1. The number of fused-ring (bicyclic) bond motifs is 3. The van der Waals surface area contributed by atoms with E-state index in [4.69, 9.17) is 9.84 Å². The van der Waals surface area contributed by atoms with Crippen LogP contribution in [0.3, 0.4) is 0 Å². The van der Waals surface area contributed by atoms with Gasteiger partial charge in [0, 0.05) is 24.9 Å². The Labute approximate surface area is 193 Å². The molecule has 2 aromatic rings. The normalized spacial score (nSPS) is 18.9. The standard InChI is InChI=1S/C26H30N2O5/c1-2-28(15-25(30)31)24(29)14-17-11-12-18(13-17)27-26(32)33-16-23-21-9-5-3-7-19(21)20-8-4-6-10-22(20)23/h3-10,17-18,23H,2,11-16H2,1H3,(H,27,32)(H,30,31)/t17-,18+/m0/s1. The number of likely N-dealkylation sites (N-methyl/N-ethyl adjacent to an activating group) is 1. The number of ether oxygens (including phenoxy) is 1. The Morgan fingerprint density at radius 1 is 1.03 bits per heavy atom. The predicted octanol–water partition coefficient (Wildman–Crippen LogP) is 4.02. The summed E-state index contributed by atoms with van der Waals surface area (Å²) in [6.45, 7) is 2.15. The summed E-state index contributed by atoms with van der Waals surface area (Å²) in [5, 5.41) is 11.9. The SMILES string of the molecule is CCN(CC(=O)O)C(=O)C[C@H]1CC[C@@H](NC(=O)OCC2c3ccccc3-c3ccccc32)C1. The summed E-state index contributed by atoms with van der Waals surface area (Å²) in [5.74, 6) is -0.997. The molecule has 0 saturated heterocycles. The maximum absolute atomic E-state index is 12.5. The molecule has 0 aromatic heterocycles. The first-order chi connectivity index (χ1) is 16.0. The molecule has 4 rings (SSSR count). The van der Waals surface area contributed by atoms with Gasteiger partial charge in [0.2, 0.25) is 5.91 Å². The lowest BCUT2D eigenvalue weighted by Gasteiger charge is -2.21. The molecule has 7 nitrogen and oxygen atoms in total. The van der Waals surface area contributed by atoms with Crippen LogP contribution in [0.4, 0.5) is 4.79 Å². The Kier molecular flexibility index (Phi) is 6.96. The van der Waals surface area contributed by atoms with Crippen LogP contribution in [0.2, 0.25) is 0 Å². The van der Waals surface area contributed by atoms with Gasteiger partial charge in [-0.25, -0.2) is 4.79 Å². The van der Waals surface area contributed by atoms with E-state index < -0.39 is 12.1 Å². The van der Waals surface area contributed by atoms with Gasteiger partial charge in [-0.2, -0.15) is 0 Å². The Hall–Kier alpha value is -3.35. The molecule has 0 aliphatic heterocycles. The van der Waals surface area contributed by atoms with E-state index in [0.717, 1.165) is 12.8 Å². The fraction of sp³-hybridized carbons (Fsp3) is 0.423. The quantitative estimate of drug-likeness (QED) is 0.633. The minimum absolute atomic E-state index is 0.0198. The van der Waals surface area contributed by atoms with E-state index in [0.29, 0.717) is 19.4 Å². The van der Waals surface area contributed by atoms with Crippen molar-refractivity contribution >= 4 is 18.0 Å². The molecule has 2 aliphatic carbocycles. The van der Waals surface area contributed by atoms with E-state index in [2.05, 4.69) is 29.6 Å². The fourth-order valence-electron chi connectivity index (χ4n) is 5.11. The van der Waals surface area contributed by atoms with Gasteiger partial charge in [-0.15, -0.1) is 0 Å². The highest BCUT2D eigenvalue weighted by Gasteiger charge is 2.31. The Morgan fingerprint density at radius 3 is 2.27 bits per heavy atom. The van der Waals surface area contributed by atoms with Gasteiger partial charge in [-0.05, 0) is 54.4 Å². The van der Waals surface area contributed by atoms with Crippen molar-refractivity contribution in [2.24, 2.45) is 5.92 Å². The van der Waals surface area contributed by atoms with Crippen molar-refractivity contribution in [2.75, 3.05) is 19.7 Å². The molecule has 0 radical (unpaired) electrons. The summed E-state index contributed by atoms with van der Waals surface area (Å²) in [7, 11) is 0. The van der Waals surface area contributed by atoms with E-state index in [-0.39, 0.29) is 36.9 Å². The largest absolute Gasteiger partial charge is 0.480 e. The summed E-state index contributed by atoms with van der Waals surface area (Å²) < 4.78 is 5.63. The molecule has 2 aromatic carbocycles. The second-order valence-electron chi connectivity index (χ2n) is 8.85. The summed E-state index contributed by atoms with van der Waals surface area (Å²) in [5.41, 5.74) is 4.73. The molecular weight excluding hydrogens is 420 g/mol. The van der Waals surface area contributed by atoms with Crippen LogP contribution >= 0.6 is 0 Å². The Balaban J connectivity index is 1.27. The van der Waals surface area contributed by atoms with Gasteiger partial charge in [0.05, 0.1) is 0 Å². The molecule has 33 heavy (non-hydrogen) atoms. The van der Waals surface area contributed by atoms with E-state index in [1.54, 1.807) is 6.92 Å². The molecule has 0 heterocycles. The lowest BCUT2D eigenvalue weighted by atomic mass is 9.98. The van der Waals surface area contributed by atoms with Crippen LogP contribution in [0.1, 0.15) is 49.7 Å². The number of carboxylic acids is 1. The van der Waals surface area contributed by atoms with Crippen molar-refractivity contribution in [3.63, 3.8) is 0 Å². The first-order valence-electron chi connectivity index (χ1n) is 11.6. The first-order valence-corrected chi connectivity index (χ1v) is 11.6. The maximum atomic E-state index is 12.5. The molecule has 2 N–H and O–H groups in total. The number of rotatable bonds is 8. The van der Waals surface area contributed by atoms with Crippen LogP contribution in [-0.4, -0.2) is 53.7 Å². The van der Waals surface area contributed by atoms with Crippen LogP contribution in [-0.2, 0) is 14.3 Å². The highest BCUT2D eigenvalue weighted by molar-refractivity contribution is 5.81. The van der Waals surface area contributed by atoms with Crippen molar-refractivity contribution in [2.45, 2.75) is 44.6 Å². The Bertz CT molecular complexity index is 991. The number of carboxylic acid groups (broad SMARTS) is 1. The lowest BCUT2D eigenvalue weighted by Crippen LogP contribution is -2.37. The van der Waals surface area contributed by atoms with E-state index in [1.807, 2.05) is 24.3 Å². The third-order valence-electron chi connectivity index (χ3n) is 6.73. The number of hydrogen-bond donors (Lipinski definition) is 2. The van der Waals surface area contributed by atoms with Gasteiger partial charge in [0.25, 0.3) is 0 Å². The van der Waals surface area contributed by atoms with Gasteiger partial charge >= 0.3 is 12.1 Å². The molecule has 0 spiro atoms. The molecule has 2 aliphatic rings. The van der Waals surface area contributed by atoms with Crippen molar-refractivity contribution < 1.29 is 24.2 Å². The zero-order valence-electron chi connectivity index (χ0n) is 18.8. The second kappa shape index (κ2) is 10.1. The number of amides is 2. The minimum atomic E-state index is -1.01. The zero-order chi connectivity index (χ0) is 23.4. The zero-order valence-corrected chi connectivity index (χ0v) is 18.8. The molecule has 7 heteroatoms. The summed E-state index contributed by atoms with van der Waals surface area (Å²) >= 11 is 0. The Morgan fingerprint density at radius 2 is 1.67 bits per heavy atom. The predicted molar refractivity (Wildman–Crippen MR) is 124 cm³/mol. The molecule has 0 unspecified atom stereocenters. The third kappa shape index (κ3) is 5.18. The molecule has 0 bridgehead atoms. The highest BCUT2D eigenvalue weighted by atomic mass is 16.5. The maximum Gasteiger partial charge on any atom is 0.407 e. The number of nitrogens with zero attached hydrogens (tertiary/aromatic N) is 1. The van der Waals surface area contributed by atoms with E-state index >= 15 is 0 Å². The molecule has 1 fully saturated rings. The number of carbonyl (C=O) groups is 3. The number of hydrogen-bond acceptors (Lipinski definition) is 4. The smallest absolute Gasteiger partial charge is 0.407 e. The van der Waals surface area contributed by atoms with Crippen molar-refractivity contribution in [3.05, 3.63) is 59.7 Å². The number of carbonyl (C=O) groups excluding carboxylic acids is 2. The van der Waals surface area contributed by atoms with Gasteiger partial charge < -0.3 is 20.1 Å². The third-order valence-corrected chi connectivity index (χ3v) is 6.73. The van der Waals surface area contributed by atoms with Crippen LogP contribution in [0.15, 0.2) is 48.5 Å². The van der Waals surface area contributed by atoms with Gasteiger partial charge in [0.15, 0.2) is 0 Å². The first kappa shape index (κ1) is 22.8. The molecule has 174 valence electrons. The van der Waals surface area contributed by atoms with Gasteiger partial charge in [-0.3, -0.25) is 9.59 Å². The van der Waals surface area contributed by atoms with Crippen LogP contribution < -0.4 is 5.32 Å². The van der Waals surface area contributed by atoms with E-state index in [1.165, 1.54) is 27.2 Å². The second-order valence-corrected chi connectivity index (χ2v) is 8.85. The fourth-order valence-corrected chi connectivity index (χ4v) is 5.11. The summed E-state index contributed by atoms with van der Waals surface area (Å²) in [4.78, 5) is 37.2.